The van der Waals surface area contributed by atoms with Gasteiger partial charge in [-0.15, -0.1) is 0 Å². The first-order chi connectivity index (χ1) is 41.9. The first-order valence-corrected chi connectivity index (χ1v) is 31.8. The molecule has 12 atom stereocenters. The Labute approximate surface area is 527 Å². The monoisotopic (exact) mass is 1240 g/mol. The van der Waals surface area contributed by atoms with E-state index in [2.05, 4.69) is 37.2 Å². The lowest BCUT2D eigenvalue weighted by atomic mass is 9.95. The second kappa shape index (κ2) is 35.1. The summed E-state index contributed by atoms with van der Waals surface area (Å²) in [5.74, 6) is -9.84. The Bertz CT molecular complexity index is 2720. The van der Waals surface area contributed by atoms with Crippen LogP contribution in [0, 0.1) is 29.6 Å². The third-order valence-electron chi connectivity index (χ3n) is 16.8. The zero-order valence-electron chi connectivity index (χ0n) is 55.2. The van der Waals surface area contributed by atoms with E-state index in [9.17, 15) is 57.8 Å². The van der Waals surface area contributed by atoms with Crippen molar-refractivity contribution in [2.24, 2.45) is 29.6 Å². The number of aliphatic hydroxyl groups excluding tert-OH is 1. The molecule has 2 aromatic rings. The Morgan fingerprint density at radius 1 is 0.506 bits per heavy atom. The minimum Gasteiger partial charge on any atom is -0.391 e. The van der Waals surface area contributed by atoms with Crippen LogP contribution in [-0.4, -0.2) is 190 Å². The van der Waals surface area contributed by atoms with Crippen molar-refractivity contribution in [1.29, 1.82) is 0 Å². The van der Waals surface area contributed by atoms with Gasteiger partial charge in [0.2, 0.25) is 65.0 Å². The number of likely N-dealkylation sites (tertiary alicyclic amines) is 1. The number of rotatable bonds is 15. The van der Waals surface area contributed by atoms with E-state index >= 15 is 0 Å². The van der Waals surface area contributed by atoms with Gasteiger partial charge in [0.1, 0.15) is 60.4 Å². The molecule has 0 radical (unpaired) electrons. The van der Waals surface area contributed by atoms with Crippen LogP contribution in [-0.2, 0) is 65.6 Å². The first-order valence-electron chi connectivity index (χ1n) is 31.8. The predicted octanol–water partition coefficient (Wildman–Crippen LogP) is 3.00. The van der Waals surface area contributed by atoms with Gasteiger partial charge in [-0.05, 0) is 93.1 Å². The van der Waals surface area contributed by atoms with E-state index in [0.717, 1.165) is 11.3 Å². The number of likely N-dealkylation sites (N-methyl/N-ethyl adjacent to an activating group) is 3. The zero-order chi connectivity index (χ0) is 66.6. The maximum absolute atomic E-state index is 14.9. The fraction of sp³-hybridized carbons (Fsp3) is 0.652. The third kappa shape index (κ3) is 21.9. The molecule has 89 heavy (non-hydrogen) atoms. The summed E-state index contributed by atoms with van der Waals surface area (Å²) in [4.78, 5) is 167. The molecular weight excluding hydrogens is 1140 g/mol. The molecule has 2 heterocycles. The lowest BCUT2D eigenvalue weighted by molar-refractivity contribution is -0.149. The average Bonchev–Trinajstić information content (AvgIpc) is 3.69. The fourth-order valence-electron chi connectivity index (χ4n) is 11.3. The highest BCUT2D eigenvalue weighted by Crippen LogP contribution is 2.21. The van der Waals surface area contributed by atoms with Gasteiger partial charge in [-0.2, -0.15) is 0 Å². The van der Waals surface area contributed by atoms with Gasteiger partial charge in [0, 0.05) is 47.1 Å². The summed E-state index contributed by atoms with van der Waals surface area (Å²) >= 11 is 0. The highest BCUT2D eigenvalue weighted by atomic mass is 16.3. The molecule has 2 aliphatic heterocycles. The van der Waals surface area contributed by atoms with Crippen LogP contribution in [0.2, 0.25) is 0 Å². The quantitative estimate of drug-likeness (QED) is 0.128. The van der Waals surface area contributed by atoms with Crippen LogP contribution < -0.4 is 37.2 Å². The Balaban J connectivity index is 1.92. The molecule has 23 heteroatoms. The standard InChI is InChI=1S/C66H103N11O12/c1-16-42(10)54-61(84)69-49(36-46-28-22-18-23-29-46)59(82)73-55(44(12)78)62(85)71-50(33-39(4)5)65(88)75(14)52(34-40(6)7)60(83)68-48(35-45-26-20-17-21-27-45)58(81)67-47(32-38(2)3)57(80)70-51(66(89)77-30-24-19-25-31-77)37-53(79)74(13)43(11)64(87)76(15)56(41(8)9)63(86)72-54/h17-18,20-23,26-29,38-44,47-52,54-56,78H,16,19,24-25,30-37H2,1-15H3,(H,67,81)(H,68,83)(H,69,84)(H,70,80)(H,71,85)(H,72,86)(H,73,82)/t42-,43-,44+,47-,48-,49-,50-,51-,52-,54-,55-,56-/m0/s1. The SMILES string of the molecule is CC[C@H](C)[C@@H]1NC(=O)[C@H](C(C)C)N(C)C(=O)[C@H](C)N(C)C(=O)C[C@@H](C(=O)N2CCCCC2)NC(=O)[C@H](CC(C)C)NC(=O)[C@H](Cc2ccccc2)NC(=O)[C@H](CC(C)C)N(C)C(=O)[C@H](CC(C)C)NC(=O)[C@H]([C@@H](C)O)NC(=O)[C@H](Cc2ccccc2)NC1=O. The van der Waals surface area contributed by atoms with Crippen LogP contribution in [0.5, 0.6) is 0 Å². The second-order valence-corrected chi connectivity index (χ2v) is 26.0. The largest absolute Gasteiger partial charge is 0.391 e. The Morgan fingerprint density at radius 3 is 1.45 bits per heavy atom. The Hall–Kier alpha value is -7.43. The van der Waals surface area contributed by atoms with Crippen LogP contribution in [0.25, 0.3) is 0 Å². The molecule has 0 saturated carbocycles. The molecule has 2 aliphatic rings. The van der Waals surface area contributed by atoms with Gasteiger partial charge in [-0.25, -0.2) is 0 Å². The van der Waals surface area contributed by atoms with Crippen LogP contribution in [0.15, 0.2) is 60.7 Å². The van der Waals surface area contributed by atoms with Crippen molar-refractivity contribution in [3.63, 3.8) is 0 Å². The average molecular weight is 1240 g/mol. The van der Waals surface area contributed by atoms with Gasteiger partial charge in [-0.1, -0.05) is 136 Å². The third-order valence-corrected chi connectivity index (χ3v) is 16.8. The van der Waals surface area contributed by atoms with Crippen LogP contribution in [0.1, 0.15) is 146 Å². The van der Waals surface area contributed by atoms with Crippen molar-refractivity contribution < 1.29 is 57.8 Å². The minimum atomic E-state index is -1.69. The van der Waals surface area contributed by atoms with Gasteiger partial charge in [-0.3, -0.25) is 52.7 Å². The molecule has 0 bridgehead atoms. The summed E-state index contributed by atoms with van der Waals surface area (Å²) in [5.41, 5.74) is 1.26. The number of nitrogens with one attached hydrogen (secondary N) is 7. The molecule has 0 aromatic heterocycles. The summed E-state index contributed by atoms with van der Waals surface area (Å²) in [5, 5.41) is 30.8. The summed E-state index contributed by atoms with van der Waals surface area (Å²) in [6, 6.07) is 4.14. The minimum absolute atomic E-state index is 0.0507. The highest BCUT2D eigenvalue weighted by Gasteiger charge is 2.42. The van der Waals surface area contributed by atoms with E-state index in [1.807, 2.05) is 48.5 Å². The van der Waals surface area contributed by atoms with Crippen molar-refractivity contribution in [2.75, 3.05) is 34.2 Å². The molecule has 23 nitrogen and oxygen atoms in total. The van der Waals surface area contributed by atoms with E-state index in [-0.39, 0.29) is 49.9 Å². The summed E-state index contributed by atoms with van der Waals surface area (Å²) in [7, 11) is 4.20. The highest BCUT2D eigenvalue weighted by molar-refractivity contribution is 6.00. The molecule has 2 saturated heterocycles. The van der Waals surface area contributed by atoms with Crippen LogP contribution >= 0.6 is 0 Å². The summed E-state index contributed by atoms with van der Waals surface area (Å²) < 4.78 is 0. The Kier molecular flexibility index (Phi) is 29.2. The number of hydrogen-bond donors (Lipinski definition) is 8. The number of piperidine rings is 1. The van der Waals surface area contributed by atoms with E-state index < -0.39 is 150 Å². The number of carbonyl (C=O) groups is 11. The number of nitrogens with zero attached hydrogens (tertiary/aromatic N) is 4. The Morgan fingerprint density at radius 2 is 0.955 bits per heavy atom. The fourth-order valence-corrected chi connectivity index (χ4v) is 11.3. The molecule has 2 fully saturated rings. The molecule has 0 spiro atoms. The van der Waals surface area contributed by atoms with E-state index in [1.54, 1.807) is 86.3 Å². The van der Waals surface area contributed by atoms with Gasteiger partial charge < -0.3 is 61.9 Å². The lowest BCUT2D eigenvalue weighted by Gasteiger charge is -2.36. The topological polar surface area (TPSA) is 305 Å². The maximum Gasteiger partial charge on any atom is 0.245 e. The number of amides is 11. The van der Waals surface area contributed by atoms with Crippen molar-refractivity contribution in [3.8, 4) is 0 Å². The van der Waals surface area contributed by atoms with Gasteiger partial charge in [0.25, 0.3) is 0 Å². The van der Waals surface area contributed by atoms with Crippen molar-refractivity contribution in [1.82, 2.24) is 56.8 Å². The van der Waals surface area contributed by atoms with Crippen molar-refractivity contribution in [2.45, 2.75) is 214 Å². The molecule has 0 unspecified atom stereocenters. The predicted molar refractivity (Wildman–Crippen MR) is 339 cm³/mol. The van der Waals surface area contributed by atoms with E-state index in [1.165, 1.54) is 44.8 Å². The van der Waals surface area contributed by atoms with Crippen molar-refractivity contribution >= 4 is 65.0 Å². The van der Waals surface area contributed by atoms with Gasteiger partial charge in [0.15, 0.2) is 0 Å². The molecule has 494 valence electrons. The van der Waals surface area contributed by atoms with Crippen LogP contribution in [0.4, 0.5) is 0 Å². The second-order valence-electron chi connectivity index (χ2n) is 26.0. The molecule has 8 N–H and O–H groups in total. The first kappa shape index (κ1) is 74.0. The number of hydrogen-bond acceptors (Lipinski definition) is 12. The molecule has 11 amide bonds. The smallest absolute Gasteiger partial charge is 0.245 e. The van der Waals surface area contributed by atoms with Gasteiger partial charge in [0.05, 0.1) is 12.5 Å². The van der Waals surface area contributed by atoms with Crippen LogP contribution in [0.3, 0.4) is 0 Å². The molecular formula is C66H103N11O12. The molecule has 4 rings (SSSR count). The van der Waals surface area contributed by atoms with E-state index in [0.29, 0.717) is 43.5 Å². The summed E-state index contributed by atoms with van der Waals surface area (Å²) in [6.07, 6.45) is 0.557. The lowest BCUT2D eigenvalue weighted by Crippen LogP contribution is -2.63. The van der Waals surface area contributed by atoms with E-state index in [4.69, 9.17) is 0 Å². The van der Waals surface area contributed by atoms with Gasteiger partial charge >= 0.3 is 0 Å². The summed E-state index contributed by atoms with van der Waals surface area (Å²) in [6.45, 7) is 21.5. The number of benzene rings is 2. The maximum atomic E-state index is 14.9. The number of aliphatic hydroxyl groups is 1. The van der Waals surface area contributed by atoms with Crippen molar-refractivity contribution in [3.05, 3.63) is 71.8 Å². The molecule has 2 aromatic carbocycles. The zero-order valence-corrected chi connectivity index (χ0v) is 55.2. The normalized spacial score (nSPS) is 26.2. The molecule has 0 aliphatic carbocycles. The number of carbonyl (C=O) groups excluding carboxylic acids is 11.